The van der Waals surface area contributed by atoms with Crippen LogP contribution in [-0.4, -0.2) is 32.5 Å². The standard InChI is InChI=1S/C10H13NO3S/c1-6(12)7(2)15-9-4-3-8(5-11-9)10(13)14/h3-7,12H,1-2H3,(H,13,14). The van der Waals surface area contributed by atoms with Crippen molar-refractivity contribution in [3.8, 4) is 0 Å². The van der Waals surface area contributed by atoms with Crippen molar-refractivity contribution in [1.82, 2.24) is 4.98 Å². The molecule has 0 aliphatic rings. The zero-order valence-corrected chi connectivity index (χ0v) is 9.36. The molecule has 1 aromatic rings. The van der Waals surface area contributed by atoms with Gasteiger partial charge in [0.25, 0.3) is 0 Å². The maximum absolute atomic E-state index is 10.6. The van der Waals surface area contributed by atoms with Crippen LogP contribution in [0.2, 0.25) is 0 Å². The third kappa shape index (κ3) is 3.53. The number of aliphatic hydroxyl groups is 1. The number of thioether (sulfide) groups is 1. The number of nitrogens with zero attached hydrogens (tertiary/aromatic N) is 1. The van der Waals surface area contributed by atoms with Crippen molar-refractivity contribution in [2.45, 2.75) is 30.2 Å². The minimum absolute atomic E-state index is 0.0354. The molecule has 15 heavy (non-hydrogen) atoms. The Hall–Kier alpha value is -1.07. The molecule has 0 radical (unpaired) electrons. The molecule has 2 atom stereocenters. The molecule has 1 rings (SSSR count). The second kappa shape index (κ2) is 5.14. The van der Waals surface area contributed by atoms with Crippen LogP contribution in [-0.2, 0) is 0 Å². The average Bonchev–Trinajstić information content (AvgIpc) is 2.18. The quantitative estimate of drug-likeness (QED) is 0.765. The molecular weight excluding hydrogens is 214 g/mol. The summed E-state index contributed by atoms with van der Waals surface area (Å²) in [6, 6.07) is 3.15. The molecule has 0 saturated carbocycles. The second-order valence-corrected chi connectivity index (χ2v) is 4.65. The predicted octanol–water partition coefficient (Wildman–Crippen LogP) is 1.64. The fourth-order valence-electron chi connectivity index (χ4n) is 0.865. The van der Waals surface area contributed by atoms with Gasteiger partial charge >= 0.3 is 5.97 Å². The number of rotatable bonds is 4. The Morgan fingerprint density at radius 3 is 2.53 bits per heavy atom. The number of carbonyl (C=O) groups is 1. The van der Waals surface area contributed by atoms with Crippen LogP contribution in [0.4, 0.5) is 0 Å². The highest BCUT2D eigenvalue weighted by atomic mass is 32.2. The van der Waals surface area contributed by atoms with Crippen molar-refractivity contribution in [1.29, 1.82) is 0 Å². The fraction of sp³-hybridized carbons (Fsp3) is 0.400. The first-order chi connectivity index (χ1) is 7.00. The second-order valence-electron chi connectivity index (χ2n) is 3.25. The minimum Gasteiger partial charge on any atom is -0.478 e. The number of aromatic nitrogens is 1. The number of hydrogen-bond donors (Lipinski definition) is 2. The van der Waals surface area contributed by atoms with Crippen LogP contribution >= 0.6 is 11.8 Å². The van der Waals surface area contributed by atoms with E-state index in [-0.39, 0.29) is 10.8 Å². The lowest BCUT2D eigenvalue weighted by Crippen LogP contribution is -2.15. The van der Waals surface area contributed by atoms with Gasteiger partial charge in [0, 0.05) is 11.4 Å². The number of pyridine rings is 1. The van der Waals surface area contributed by atoms with Crippen LogP contribution in [0.15, 0.2) is 23.4 Å². The van der Waals surface area contributed by atoms with Crippen LogP contribution in [0, 0.1) is 0 Å². The van der Waals surface area contributed by atoms with Crippen molar-refractivity contribution >= 4 is 17.7 Å². The smallest absolute Gasteiger partial charge is 0.337 e. The number of aromatic carboxylic acids is 1. The van der Waals surface area contributed by atoms with Crippen molar-refractivity contribution < 1.29 is 15.0 Å². The van der Waals surface area contributed by atoms with Gasteiger partial charge in [0.05, 0.1) is 16.7 Å². The Labute approximate surface area is 92.3 Å². The van der Waals surface area contributed by atoms with Crippen molar-refractivity contribution in [2.24, 2.45) is 0 Å². The Morgan fingerprint density at radius 2 is 2.13 bits per heavy atom. The molecule has 0 saturated heterocycles. The summed E-state index contributed by atoms with van der Waals surface area (Å²) in [5, 5.41) is 18.7. The van der Waals surface area contributed by atoms with Crippen LogP contribution < -0.4 is 0 Å². The molecular formula is C10H13NO3S. The van der Waals surface area contributed by atoms with E-state index in [0.717, 1.165) is 0 Å². The van der Waals surface area contributed by atoms with E-state index in [9.17, 15) is 9.90 Å². The molecule has 0 amide bonds. The summed E-state index contributed by atoms with van der Waals surface area (Å²) in [6.07, 6.45) is 0.898. The van der Waals surface area contributed by atoms with Gasteiger partial charge in [-0.2, -0.15) is 0 Å². The molecule has 0 aromatic carbocycles. The maximum Gasteiger partial charge on any atom is 0.337 e. The lowest BCUT2D eigenvalue weighted by atomic mass is 10.3. The summed E-state index contributed by atoms with van der Waals surface area (Å²) in [4.78, 5) is 14.5. The van der Waals surface area contributed by atoms with E-state index in [1.54, 1.807) is 13.0 Å². The third-order valence-electron chi connectivity index (χ3n) is 1.97. The van der Waals surface area contributed by atoms with Gasteiger partial charge in [-0.25, -0.2) is 9.78 Å². The van der Waals surface area contributed by atoms with Crippen LogP contribution in [0.25, 0.3) is 0 Å². The van der Waals surface area contributed by atoms with E-state index < -0.39 is 12.1 Å². The van der Waals surface area contributed by atoms with E-state index in [4.69, 9.17) is 5.11 Å². The largest absolute Gasteiger partial charge is 0.478 e. The Bertz CT molecular complexity index is 337. The lowest BCUT2D eigenvalue weighted by Gasteiger charge is -2.12. The zero-order chi connectivity index (χ0) is 11.4. The molecule has 0 fully saturated rings. The first-order valence-electron chi connectivity index (χ1n) is 4.54. The van der Waals surface area contributed by atoms with Gasteiger partial charge < -0.3 is 10.2 Å². The number of hydrogen-bond acceptors (Lipinski definition) is 4. The molecule has 1 heterocycles. The average molecular weight is 227 g/mol. The maximum atomic E-state index is 10.6. The lowest BCUT2D eigenvalue weighted by molar-refractivity contribution is 0.0696. The topological polar surface area (TPSA) is 70.4 Å². The summed E-state index contributed by atoms with van der Waals surface area (Å²) in [5.41, 5.74) is 0.170. The van der Waals surface area contributed by atoms with E-state index in [2.05, 4.69) is 4.98 Å². The van der Waals surface area contributed by atoms with Gasteiger partial charge in [-0.15, -0.1) is 11.8 Å². The van der Waals surface area contributed by atoms with E-state index in [0.29, 0.717) is 5.03 Å². The predicted molar refractivity (Wildman–Crippen MR) is 58.2 cm³/mol. The van der Waals surface area contributed by atoms with Gasteiger partial charge in [-0.05, 0) is 19.1 Å². The Morgan fingerprint density at radius 1 is 1.47 bits per heavy atom. The summed E-state index contributed by atoms with van der Waals surface area (Å²) < 4.78 is 0. The summed E-state index contributed by atoms with van der Waals surface area (Å²) in [5.74, 6) is -0.984. The molecule has 0 bridgehead atoms. The zero-order valence-electron chi connectivity index (χ0n) is 8.54. The molecule has 2 unspecified atom stereocenters. The number of carboxylic acids is 1. The summed E-state index contributed by atoms with van der Waals surface area (Å²) in [7, 11) is 0. The van der Waals surface area contributed by atoms with E-state index >= 15 is 0 Å². The van der Waals surface area contributed by atoms with Gasteiger partial charge in [-0.3, -0.25) is 0 Å². The number of carboxylic acid groups (broad SMARTS) is 1. The van der Waals surface area contributed by atoms with E-state index in [1.807, 2.05) is 6.92 Å². The number of aliphatic hydroxyl groups excluding tert-OH is 1. The first-order valence-corrected chi connectivity index (χ1v) is 5.42. The molecule has 1 aromatic heterocycles. The molecule has 5 heteroatoms. The SMILES string of the molecule is CC(O)C(C)Sc1ccc(C(=O)O)cn1. The van der Waals surface area contributed by atoms with Crippen molar-refractivity contribution in [3.05, 3.63) is 23.9 Å². The Balaban J connectivity index is 2.68. The third-order valence-corrected chi connectivity index (χ3v) is 3.22. The molecule has 0 spiro atoms. The van der Waals surface area contributed by atoms with Gasteiger partial charge in [0.15, 0.2) is 0 Å². The highest BCUT2D eigenvalue weighted by Gasteiger charge is 2.11. The van der Waals surface area contributed by atoms with Gasteiger partial charge in [-0.1, -0.05) is 6.92 Å². The molecule has 0 aliphatic heterocycles. The first kappa shape index (κ1) is 12.0. The fourth-order valence-corrected chi connectivity index (χ4v) is 1.70. The van der Waals surface area contributed by atoms with Gasteiger partial charge in [0.2, 0.25) is 0 Å². The van der Waals surface area contributed by atoms with Crippen LogP contribution in [0.5, 0.6) is 0 Å². The molecule has 4 nitrogen and oxygen atoms in total. The van der Waals surface area contributed by atoms with Crippen LogP contribution in [0.1, 0.15) is 24.2 Å². The monoisotopic (exact) mass is 227 g/mol. The summed E-state index contributed by atoms with van der Waals surface area (Å²) >= 11 is 1.42. The van der Waals surface area contributed by atoms with Crippen molar-refractivity contribution in [3.63, 3.8) is 0 Å². The Kier molecular flexibility index (Phi) is 4.11. The van der Waals surface area contributed by atoms with Crippen LogP contribution in [0.3, 0.4) is 0 Å². The highest BCUT2D eigenvalue weighted by molar-refractivity contribution is 7.99. The molecule has 2 N–H and O–H groups in total. The molecule has 0 aliphatic carbocycles. The van der Waals surface area contributed by atoms with E-state index in [1.165, 1.54) is 24.0 Å². The minimum atomic E-state index is -0.984. The van der Waals surface area contributed by atoms with Gasteiger partial charge in [0.1, 0.15) is 0 Å². The molecule has 82 valence electrons. The normalized spacial score (nSPS) is 14.6. The highest BCUT2D eigenvalue weighted by Crippen LogP contribution is 2.23. The van der Waals surface area contributed by atoms with Crippen molar-refractivity contribution in [2.75, 3.05) is 0 Å². The summed E-state index contributed by atoms with van der Waals surface area (Å²) in [6.45, 7) is 3.60.